The predicted octanol–water partition coefficient (Wildman–Crippen LogP) is 4.17. The van der Waals surface area contributed by atoms with Crippen LogP contribution in [0, 0.1) is 6.92 Å². The first-order chi connectivity index (χ1) is 11.0. The third-order valence-corrected chi connectivity index (χ3v) is 5.92. The van der Waals surface area contributed by atoms with Gasteiger partial charge in [0, 0.05) is 28.5 Å². The molecule has 2 aromatic carbocycles. The molecule has 0 radical (unpaired) electrons. The molecule has 23 heavy (non-hydrogen) atoms. The number of benzene rings is 2. The molecule has 0 N–H and O–H groups in total. The lowest BCUT2D eigenvalue weighted by Gasteiger charge is -2.02. The lowest BCUT2D eigenvalue weighted by molar-refractivity contribution is 0.604. The van der Waals surface area contributed by atoms with Crippen molar-refractivity contribution in [3.8, 4) is 0 Å². The fourth-order valence-corrected chi connectivity index (χ4v) is 4.44. The largest absolute Gasteiger partial charge is 0.340 e. The number of nitrogens with zero attached hydrogens (tertiary/aromatic N) is 1. The Morgan fingerprint density at radius 3 is 2.57 bits per heavy atom. The zero-order valence-electron chi connectivity index (χ0n) is 12.9. The smallest absolute Gasteiger partial charge is 0.200 e. The second kappa shape index (κ2) is 5.10. The Labute approximate surface area is 135 Å². The molecule has 3 nitrogen and oxygen atoms in total. The van der Waals surface area contributed by atoms with Gasteiger partial charge in [0.15, 0.2) is 9.84 Å². The molecule has 1 aliphatic rings. The summed E-state index contributed by atoms with van der Waals surface area (Å²) in [5.41, 5.74) is 4.12. The average Bonchev–Trinajstić information content (AvgIpc) is 3.08. The Kier molecular flexibility index (Phi) is 3.16. The molecule has 0 saturated heterocycles. The van der Waals surface area contributed by atoms with E-state index >= 15 is 0 Å². The van der Waals surface area contributed by atoms with Crippen LogP contribution in [0.15, 0.2) is 64.9 Å². The highest BCUT2D eigenvalue weighted by Crippen LogP contribution is 2.34. The van der Waals surface area contributed by atoms with Gasteiger partial charge in [-0.2, -0.15) is 0 Å². The van der Waals surface area contributed by atoms with Gasteiger partial charge in [0.05, 0.1) is 4.90 Å². The van der Waals surface area contributed by atoms with Gasteiger partial charge in [0.25, 0.3) is 0 Å². The molecular weight excluding hydrogens is 306 g/mol. The van der Waals surface area contributed by atoms with Crippen molar-refractivity contribution in [3.05, 3.63) is 71.3 Å². The standard InChI is InChI=1S/C19H17NO2S/c1-14-6-8-17(9-7-14)23(21,22)13-16-10-11-20-18-5-3-2-4-15(18)12-19(16)20/h2-9,12-13H,10-11H2,1H3/b16-13+. The minimum Gasteiger partial charge on any atom is -0.340 e. The summed E-state index contributed by atoms with van der Waals surface area (Å²) in [5, 5.41) is 2.59. The van der Waals surface area contributed by atoms with Crippen molar-refractivity contribution in [1.29, 1.82) is 0 Å². The van der Waals surface area contributed by atoms with E-state index < -0.39 is 9.84 Å². The first-order valence-electron chi connectivity index (χ1n) is 7.65. The molecule has 0 spiro atoms. The number of hydrogen-bond donors (Lipinski definition) is 0. The minimum absolute atomic E-state index is 0.352. The van der Waals surface area contributed by atoms with E-state index in [4.69, 9.17) is 0 Å². The van der Waals surface area contributed by atoms with Crippen molar-refractivity contribution < 1.29 is 8.42 Å². The van der Waals surface area contributed by atoms with E-state index in [0.717, 1.165) is 35.2 Å². The number of fused-ring (bicyclic) bond motifs is 3. The normalized spacial score (nSPS) is 16.1. The first kappa shape index (κ1) is 14.3. The Balaban J connectivity index is 1.81. The van der Waals surface area contributed by atoms with Crippen LogP contribution in [0.3, 0.4) is 0 Å². The predicted molar refractivity (Wildman–Crippen MR) is 92.9 cm³/mol. The van der Waals surface area contributed by atoms with E-state index in [1.54, 1.807) is 12.1 Å². The van der Waals surface area contributed by atoms with Gasteiger partial charge in [-0.25, -0.2) is 8.42 Å². The molecule has 0 atom stereocenters. The van der Waals surface area contributed by atoms with Gasteiger partial charge < -0.3 is 4.57 Å². The summed E-state index contributed by atoms with van der Waals surface area (Å²) in [6.45, 7) is 2.78. The van der Waals surface area contributed by atoms with Crippen LogP contribution >= 0.6 is 0 Å². The fourth-order valence-electron chi connectivity index (χ4n) is 3.18. The molecular formula is C19H17NO2S. The van der Waals surface area contributed by atoms with E-state index in [9.17, 15) is 8.42 Å². The van der Waals surface area contributed by atoms with Gasteiger partial charge in [-0.15, -0.1) is 0 Å². The van der Waals surface area contributed by atoms with Crippen molar-refractivity contribution >= 4 is 26.3 Å². The maximum atomic E-state index is 12.6. The van der Waals surface area contributed by atoms with Gasteiger partial charge in [-0.05, 0) is 43.2 Å². The van der Waals surface area contributed by atoms with E-state index in [-0.39, 0.29) is 0 Å². The quantitative estimate of drug-likeness (QED) is 0.710. The zero-order chi connectivity index (χ0) is 16.0. The maximum Gasteiger partial charge on any atom is 0.200 e. The minimum atomic E-state index is -3.42. The third-order valence-electron chi connectivity index (χ3n) is 4.39. The SMILES string of the molecule is Cc1ccc(S(=O)(=O)/C=C2\CCn3c2cc2ccccc23)cc1. The van der Waals surface area contributed by atoms with Gasteiger partial charge in [-0.1, -0.05) is 35.9 Å². The lowest BCUT2D eigenvalue weighted by atomic mass is 10.2. The van der Waals surface area contributed by atoms with E-state index in [0.29, 0.717) is 4.90 Å². The number of para-hydroxylation sites is 1. The van der Waals surface area contributed by atoms with Crippen molar-refractivity contribution in [1.82, 2.24) is 4.57 Å². The molecule has 2 heterocycles. The van der Waals surface area contributed by atoms with Gasteiger partial charge in [-0.3, -0.25) is 0 Å². The number of hydrogen-bond acceptors (Lipinski definition) is 2. The van der Waals surface area contributed by atoms with Gasteiger partial charge in [0.1, 0.15) is 0 Å². The molecule has 0 fully saturated rings. The molecule has 4 heteroatoms. The third kappa shape index (κ3) is 2.39. The summed E-state index contributed by atoms with van der Waals surface area (Å²) >= 11 is 0. The Hall–Kier alpha value is -2.33. The highest BCUT2D eigenvalue weighted by Gasteiger charge is 2.22. The van der Waals surface area contributed by atoms with Crippen LogP contribution in [0.25, 0.3) is 16.5 Å². The highest BCUT2D eigenvalue weighted by molar-refractivity contribution is 7.94. The Bertz CT molecular complexity index is 1020. The van der Waals surface area contributed by atoms with Crippen molar-refractivity contribution in [2.75, 3.05) is 0 Å². The number of sulfone groups is 1. The van der Waals surface area contributed by atoms with Crippen LogP contribution in [-0.4, -0.2) is 13.0 Å². The second-order valence-electron chi connectivity index (χ2n) is 5.99. The summed E-state index contributed by atoms with van der Waals surface area (Å²) in [7, 11) is -3.42. The van der Waals surface area contributed by atoms with Crippen LogP contribution in [0.1, 0.15) is 17.7 Å². The number of rotatable bonds is 2. The van der Waals surface area contributed by atoms with Gasteiger partial charge >= 0.3 is 0 Å². The topological polar surface area (TPSA) is 39.1 Å². The highest BCUT2D eigenvalue weighted by atomic mass is 32.2. The monoisotopic (exact) mass is 323 g/mol. The second-order valence-corrected chi connectivity index (χ2v) is 7.79. The van der Waals surface area contributed by atoms with Crippen molar-refractivity contribution in [2.24, 2.45) is 0 Å². The molecule has 116 valence electrons. The van der Waals surface area contributed by atoms with E-state index in [1.165, 1.54) is 10.9 Å². The van der Waals surface area contributed by atoms with E-state index in [1.807, 2.05) is 31.2 Å². The van der Waals surface area contributed by atoms with E-state index in [2.05, 4.69) is 22.8 Å². The number of aromatic nitrogens is 1. The number of allylic oxidation sites excluding steroid dienone is 1. The molecule has 0 amide bonds. The lowest BCUT2D eigenvalue weighted by Crippen LogP contribution is -1.97. The molecule has 3 aromatic rings. The molecule has 0 bridgehead atoms. The van der Waals surface area contributed by atoms with Crippen LogP contribution in [0.5, 0.6) is 0 Å². The zero-order valence-corrected chi connectivity index (χ0v) is 13.7. The number of aryl methyl sites for hydroxylation is 2. The molecule has 1 aromatic heterocycles. The summed E-state index contributed by atoms with van der Waals surface area (Å²) in [6, 6.07) is 17.2. The van der Waals surface area contributed by atoms with Crippen molar-refractivity contribution in [3.63, 3.8) is 0 Å². The van der Waals surface area contributed by atoms with Crippen LogP contribution in [-0.2, 0) is 16.4 Å². The summed E-state index contributed by atoms with van der Waals surface area (Å²) in [6.07, 6.45) is 0.755. The molecule has 0 aliphatic carbocycles. The molecule has 1 aliphatic heterocycles. The molecule has 0 unspecified atom stereocenters. The summed E-state index contributed by atoms with van der Waals surface area (Å²) < 4.78 is 27.5. The van der Waals surface area contributed by atoms with Crippen LogP contribution < -0.4 is 0 Å². The summed E-state index contributed by atoms with van der Waals surface area (Å²) in [5.74, 6) is 0. The van der Waals surface area contributed by atoms with Crippen LogP contribution in [0.4, 0.5) is 0 Å². The maximum absolute atomic E-state index is 12.6. The first-order valence-corrected chi connectivity index (χ1v) is 9.20. The average molecular weight is 323 g/mol. The Morgan fingerprint density at radius 1 is 1.04 bits per heavy atom. The molecule has 0 saturated carbocycles. The van der Waals surface area contributed by atoms with Crippen molar-refractivity contribution in [2.45, 2.75) is 24.8 Å². The van der Waals surface area contributed by atoms with Gasteiger partial charge in [0.2, 0.25) is 0 Å². The fraction of sp³-hybridized carbons (Fsp3) is 0.158. The Morgan fingerprint density at radius 2 is 1.78 bits per heavy atom. The van der Waals surface area contributed by atoms with Crippen LogP contribution in [0.2, 0.25) is 0 Å². The summed E-state index contributed by atoms with van der Waals surface area (Å²) in [4.78, 5) is 0.352. The molecule has 4 rings (SSSR count).